The molecule has 0 bridgehead atoms. The van der Waals surface area contributed by atoms with Gasteiger partial charge < -0.3 is 10.2 Å². The Morgan fingerprint density at radius 2 is 1.81 bits per heavy atom. The molecule has 4 nitrogen and oxygen atoms in total. The topological polar surface area (TPSA) is 49.4 Å². The van der Waals surface area contributed by atoms with Crippen LogP contribution in [-0.4, -0.2) is 29.8 Å². The Labute approximate surface area is 155 Å². The summed E-state index contributed by atoms with van der Waals surface area (Å²) in [5.74, 6) is -4.94. The molecule has 2 aromatic rings. The minimum atomic E-state index is -1.66. The highest BCUT2D eigenvalue weighted by Crippen LogP contribution is 2.21. The minimum absolute atomic E-state index is 0.120. The summed E-state index contributed by atoms with van der Waals surface area (Å²) < 4.78 is 40.0. The summed E-state index contributed by atoms with van der Waals surface area (Å²) >= 11 is 0. The summed E-state index contributed by atoms with van der Waals surface area (Å²) in [4.78, 5) is 26.8. The van der Waals surface area contributed by atoms with E-state index in [-0.39, 0.29) is 11.5 Å². The molecule has 27 heavy (non-hydrogen) atoms. The Morgan fingerprint density at radius 3 is 2.56 bits per heavy atom. The molecule has 0 saturated carbocycles. The number of benzene rings is 2. The third-order valence-corrected chi connectivity index (χ3v) is 4.60. The molecule has 0 spiro atoms. The number of hydrogen-bond acceptors (Lipinski definition) is 2. The lowest BCUT2D eigenvalue weighted by molar-refractivity contribution is 0.0683. The molecule has 1 fully saturated rings. The fourth-order valence-electron chi connectivity index (χ4n) is 3.17. The largest absolute Gasteiger partial charge is 0.338 e. The lowest BCUT2D eigenvalue weighted by atomic mass is 9.99. The van der Waals surface area contributed by atoms with E-state index in [1.54, 1.807) is 17.0 Å². The van der Waals surface area contributed by atoms with Gasteiger partial charge >= 0.3 is 0 Å². The monoisotopic (exact) mass is 376 g/mol. The first kappa shape index (κ1) is 18.9. The summed E-state index contributed by atoms with van der Waals surface area (Å²) in [5, 5.41) is 2.20. The van der Waals surface area contributed by atoms with Gasteiger partial charge in [0.1, 0.15) is 0 Å². The maximum Gasteiger partial charge on any atom is 0.255 e. The Bertz CT molecular complexity index is 886. The zero-order chi connectivity index (χ0) is 19.6. The Kier molecular flexibility index (Phi) is 5.48. The first-order chi connectivity index (χ1) is 12.9. The van der Waals surface area contributed by atoms with Gasteiger partial charge in [-0.3, -0.25) is 9.59 Å². The summed E-state index contributed by atoms with van der Waals surface area (Å²) in [6.07, 6.45) is 2.01. The zero-order valence-corrected chi connectivity index (χ0v) is 14.8. The van der Waals surface area contributed by atoms with Crippen molar-refractivity contribution in [1.29, 1.82) is 0 Å². The quantitative estimate of drug-likeness (QED) is 0.815. The number of hydrogen-bond donors (Lipinski definition) is 1. The van der Waals surface area contributed by atoms with E-state index in [1.807, 2.05) is 0 Å². The minimum Gasteiger partial charge on any atom is -0.338 e. The highest BCUT2D eigenvalue weighted by molar-refractivity contribution is 6.06. The number of likely N-dealkylation sites (tertiary alicyclic amines) is 1. The summed E-state index contributed by atoms with van der Waals surface area (Å²) in [6, 6.07) is 7.70. The van der Waals surface area contributed by atoms with Crippen molar-refractivity contribution in [3.05, 3.63) is 65.0 Å². The van der Waals surface area contributed by atoms with Crippen LogP contribution in [-0.2, 0) is 0 Å². The number of nitrogens with zero attached hydrogens (tertiary/aromatic N) is 1. The van der Waals surface area contributed by atoms with Crippen LogP contribution in [0, 0.1) is 23.4 Å². The van der Waals surface area contributed by atoms with Crippen molar-refractivity contribution in [2.75, 3.05) is 18.4 Å². The molecule has 1 N–H and O–H groups in total. The SMILES string of the molecule is CC1CCCN(C(=O)c2cccc(C(=O)Nc3ccc(F)c(F)c3F)c2)C1. The lowest BCUT2D eigenvalue weighted by Crippen LogP contribution is -2.39. The van der Waals surface area contributed by atoms with Gasteiger partial charge in [-0.25, -0.2) is 13.2 Å². The first-order valence-electron chi connectivity index (χ1n) is 8.71. The van der Waals surface area contributed by atoms with Gasteiger partial charge in [0.2, 0.25) is 0 Å². The second-order valence-electron chi connectivity index (χ2n) is 6.76. The van der Waals surface area contributed by atoms with Crippen LogP contribution in [0.5, 0.6) is 0 Å². The summed E-state index contributed by atoms with van der Waals surface area (Å²) in [5.41, 5.74) is -0.00182. The van der Waals surface area contributed by atoms with Gasteiger partial charge in [0, 0.05) is 24.2 Å². The van der Waals surface area contributed by atoms with Gasteiger partial charge in [-0.15, -0.1) is 0 Å². The highest BCUT2D eigenvalue weighted by atomic mass is 19.2. The second kappa shape index (κ2) is 7.82. The van der Waals surface area contributed by atoms with Gasteiger partial charge in [-0.2, -0.15) is 0 Å². The van der Waals surface area contributed by atoms with Crippen LogP contribution in [0.1, 0.15) is 40.5 Å². The lowest BCUT2D eigenvalue weighted by Gasteiger charge is -2.31. The van der Waals surface area contributed by atoms with Crippen LogP contribution in [0.2, 0.25) is 0 Å². The van der Waals surface area contributed by atoms with Crippen molar-refractivity contribution in [3.63, 3.8) is 0 Å². The van der Waals surface area contributed by atoms with Gasteiger partial charge in [-0.1, -0.05) is 13.0 Å². The van der Waals surface area contributed by atoms with E-state index in [2.05, 4.69) is 12.2 Å². The first-order valence-corrected chi connectivity index (χ1v) is 8.71. The third-order valence-electron chi connectivity index (χ3n) is 4.60. The fraction of sp³-hybridized carbons (Fsp3) is 0.300. The molecule has 2 amide bonds. The Morgan fingerprint density at radius 1 is 1.07 bits per heavy atom. The van der Waals surface area contributed by atoms with E-state index >= 15 is 0 Å². The van der Waals surface area contributed by atoms with Crippen LogP contribution in [0.15, 0.2) is 36.4 Å². The van der Waals surface area contributed by atoms with E-state index in [1.165, 1.54) is 12.1 Å². The number of rotatable bonds is 3. The van der Waals surface area contributed by atoms with Gasteiger partial charge in [0.15, 0.2) is 17.5 Å². The Balaban J connectivity index is 1.78. The van der Waals surface area contributed by atoms with E-state index in [4.69, 9.17) is 0 Å². The molecule has 142 valence electrons. The number of carbonyl (C=O) groups is 2. The highest BCUT2D eigenvalue weighted by Gasteiger charge is 2.23. The van der Waals surface area contributed by atoms with Crippen LogP contribution in [0.3, 0.4) is 0 Å². The average molecular weight is 376 g/mol. The molecular weight excluding hydrogens is 357 g/mol. The fourth-order valence-corrected chi connectivity index (χ4v) is 3.17. The number of piperidine rings is 1. The molecule has 1 saturated heterocycles. The number of anilines is 1. The molecule has 0 aliphatic carbocycles. The molecule has 1 aliphatic rings. The molecule has 1 heterocycles. The molecule has 1 unspecified atom stereocenters. The van der Waals surface area contributed by atoms with E-state index in [9.17, 15) is 22.8 Å². The van der Waals surface area contributed by atoms with Crippen molar-refractivity contribution < 1.29 is 22.8 Å². The predicted molar refractivity (Wildman–Crippen MR) is 95.0 cm³/mol. The van der Waals surface area contributed by atoms with Gasteiger partial charge in [0.25, 0.3) is 11.8 Å². The molecule has 3 rings (SSSR count). The number of nitrogens with one attached hydrogen (secondary N) is 1. The average Bonchev–Trinajstić information content (AvgIpc) is 2.68. The molecular formula is C20H19F3N2O2. The molecule has 7 heteroatoms. The molecule has 1 atom stereocenters. The molecule has 1 aliphatic heterocycles. The van der Waals surface area contributed by atoms with E-state index in [0.717, 1.165) is 25.0 Å². The number of amides is 2. The van der Waals surface area contributed by atoms with Crippen molar-refractivity contribution in [2.45, 2.75) is 19.8 Å². The number of halogens is 3. The molecule has 0 aromatic heterocycles. The predicted octanol–water partition coefficient (Wildman–Crippen LogP) is 4.23. The Hall–Kier alpha value is -2.83. The standard InChI is InChI=1S/C20H19F3N2O2/c1-12-4-3-9-25(11-12)20(27)14-6-2-5-13(10-14)19(26)24-16-8-7-15(21)17(22)18(16)23/h2,5-8,10,12H,3-4,9,11H2,1H3,(H,24,26). The van der Waals surface area contributed by atoms with Crippen LogP contribution in [0.4, 0.5) is 18.9 Å². The zero-order valence-electron chi connectivity index (χ0n) is 14.8. The third kappa shape index (κ3) is 4.13. The summed E-state index contributed by atoms with van der Waals surface area (Å²) in [6.45, 7) is 3.41. The second-order valence-corrected chi connectivity index (χ2v) is 6.76. The smallest absolute Gasteiger partial charge is 0.255 e. The number of carbonyl (C=O) groups excluding carboxylic acids is 2. The van der Waals surface area contributed by atoms with Gasteiger partial charge in [0.05, 0.1) is 5.69 Å². The van der Waals surface area contributed by atoms with Crippen molar-refractivity contribution in [3.8, 4) is 0 Å². The van der Waals surface area contributed by atoms with Gasteiger partial charge in [-0.05, 0) is 49.1 Å². The molecule has 2 aromatic carbocycles. The normalized spacial score (nSPS) is 16.9. The van der Waals surface area contributed by atoms with Crippen LogP contribution >= 0.6 is 0 Å². The van der Waals surface area contributed by atoms with Crippen LogP contribution in [0.25, 0.3) is 0 Å². The van der Waals surface area contributed by atoms with Crippen molar-refractivity contribution >= 4 is 17.5 Å². The van der Waals surface area contributed by atoms with Crippen LogP contribution < -0.4 is 5.32 Å². The van der Waals surface area contributed by atoms with E-state index in [0.29, 0.717) is 24.6 Å². The maximum atomic E-state index is 13.7. The van der Waals surface area contributed by atoms with Crippen molar-refractivity contribution in [1.82, 2.24) is 4.90 Å². The van der Waals surface area contributed by atoms with Crippen molar-refractivity contribution in [2.24, 2.45) is 5.92 Å². The molecule has 0 radical (unpaired) electrons. The van der Waals surface area contributed by atoms with E-state index < -0.39 is 29.0 Å². The summed E-state index contributed by atoms with van der Waals surface area (Å²) in [7, 11) is 0. The maximum absolute atomic E-state index is 13.7.